The molecule has 0 aliphatic carbocycles. The number of carbonyl (C=O) groups excluding carboxylic acids is 1. The maximum Gasteiger partial charge on any atom is 0.251 e. The van der Waals surface area contributed by atoms with Crippen LogP contribution in [0.25, 0.3) is 0 Å². The summed E-state index contributed by atoms with van der Waals surface area (Å²) in [5.74, 6) is 0.606. The standard InChI is InChI=1S/C21H22ClN3O2/c1-14(20-12-23-25(3)15(20)2)24-21(26)17-6-4-5-16(11-17)13-27-19-9-7-18(22)8-10-19/h4-12,14H,13H2,1-3H3,(H,24,26). The van der Waals surface area contributed by atoms with Crippen LogP contribution in [-0.4, -0.2) is 15.7 Å². The molecule has 0 aliphatic heterocycles. The molecule has 1 N–H and O–H groups in total. The molecular formula is C21H22ClN3O2. The molecule has 0 aliphatic rings. The van der Waals surface area contributed by atoms with E-state index in [0.717, 1.165) is 22.6 Å². The zero-order valence-corrected chi connectivity index (χ0v) is 16.3. The average Bonchev–Trinajstić information content (AvgIpc) is 3.00. The zero-order chi connectivity index (χ0) is 19.4. The summed E-state index contributed by atoms with van der Waals surface area (Å²) in [5.41, 5.74) is 3.56. The van der Waals surface area contributed by atoms with Crippen molar-refractivity contribution in [3.63, 3.8) is 0 Å². The molecule has 5 nitrogen and oxygen atoms in total. The molecule has 2 aromatic carbocycles. The first kappa shape index (κ1) is 19.0. The molecule has 1 amide bonds. The predicted octanol–water partition coefficient (Wildman–Crippen LogP) is 4.45. The first-order valence-corrected chi connectivity index (χ1v) is 9.08. The van der Waals surface area contributed by atoms with E-state index >= 15 is 0 Å². The molecule has 6 heteroatoms. The van der Waals surface area contributed by atoms with E-state index in [4.69, 9.17) is 16.3 Å². The number of halogens is 1. The van der Waals surface area contributed by atoms with Gasteiger partial charge in [0.15, 0.2) is 0 Å². The second-order valence-electron chi connectivity index (χ2n) is 6.45. The molecule has 3 aromatic rings. The van der Waals surface area contributed by atoms with Crippen molar-refractivity contribution in [2.24, 2.45) is 7.05 Å². The maximum atomic E-state index is 12.6. The van der Waals surface area contributed by atoms with Crippen LogP contribution >= 0.6 is 11.6 Å². The average molecular weight is 384 g/mol. The third-order valence-corrected chi connectivity index (χ3v) is 4.75. The van der Waals surface area contributed by atoms with Gasteiger partial charge in [-0.2, -0.15) is 5.10 Å². The highest BCUT2D eigenvalue weighted by atomic mass is 35.5. The number of hydrogen-bond acceptors (Lipinski definition) is 3. The van der Waals surface area contributed by atoms with Crippen LogP contribution in [0.1, 0.15) is 40.1 Å². The molecule has 0 bridgehead atoms. The number of nitrogens with one attached hydrogen (secondary N) is 1. The van der Waals surface area contributed by atoms with Gasteiger partial charge in [-0.3, -0.25) is 9.48 Å². The summed E-state index contributed by atoms with van der Waals surface area (Å²) in [7, 11) is 1.89. The minimum atomic E-state index is -0.126. The number of amides is 1. The molecule has 140 valence electrons. The lowest BCUT2D eigenvalue weighted by atomic mass is 10.1. The Bertz CT molecular complexity index is 935. The van der Waals surface area contributed by atoms with E-state index < -0.39 is 0 Å². The van der Waals surface area contributed by atoms with Crippen molar-refractivity contribution in [2.75, 3.05) is 0 Å². The molecule has 0 radical (unpaired) electrons. The van der Waals surface area contributed by atoms with Crippen molar-refractivity contribution in [1.82, 2.24) is 15.1 Å². The lowest BCUT2D eigenvalue weighted by Crippen LogP contribution is -2.27. The van der Waals surface area contributed by atoms with Crippen LogP contribution < -0.4 is 10.1 Å². The van der Waals surface area contributed by atoms with Gasteiger partial charge in [-0.05, 0) is 55.8 Å². The van der Waals surface area contributed by atoms with E-state index in [9.17, 15) is 4.79 Å². The van der Waals surface area contributed by atoms with Crippen molar-refractivity contribution < 1.29 is 9.53 Å². The quantitative estimate of drug-likeness (QED) is 0.684. The van der Waals surface area contributed by atoms with Gasteiger partial charge in [0.05, 0.1) is 12.2 Å². The number of rotatable bonds is 6. The predicted molar refractivity (Wildman–Crippen MR) is 106 cm³/mol. The summed E-state index contributed by atoms with van der Waals surface area (Å²) in [5, 5.41) is 7.92. The summed E-state index contributed by atoms with van der Waals surface area (Å²) in [4.78, 5) is 12.6. The first-order valence-electron chi connectivity index (χ1n) is 8.70. The summed E-state index contributed by atoms with van der Waals surface area (Å²) < 4.78 is 7.55. The number of benzene rings is 2. The molecule has 0 fully saturated rings. The van der Waals surface area contributed by atoms with E-state index in [-0.39, 0.29) is 11.9 Å². The van der Waals surface area contributed by atoms with Crippen molar-refractivity contribution in [3.8, 4) is 5.75 Å². The lowest BCUT2D eigenvalue weighted by molar-refractivity contribution is 0.0939. The highest BCUT2D eigenvalue weighted by Crippen LogP contribution is 2.19. The third-order valence-electron chi connectivity index (χ3n) is 4.50. The normalized spacial score (nSPS) is 11.9. The molecule has 0 saturated carbocycles. The molecule has 1 aromatic heterocycles. The van der Waals surface area contributed by atoms with Crippen molar-refractivity contribution >= 4 is 17.5 Å². The second kappa shape index (κ2) is 8.27. The summed E-state index contributed by atoms with van der Waals surface area (Å²) in [6, 6.07) is 14.5. The Hall–Kier alpha value is -2.79. The number of aryl methyl sites for hydroxylation is 1. The largest absolute Gasteiger partial charge is 0.489 e. The van der Waals surface area contributed by atoms with Gasteiger partial charge < -0.3 is 10.1 Å². The number of carbonyl (C=O) groups is 1. The maximum absolute atomic E-state index is 12.6. The lowest BCUT2D eigenvalue weighted by Gasteiger charge is -2.14. The Morgan fingerprint density at radius 2 is 2.00 bits per heavy atom. The highest BCUT2D eigenvalue weighted by Gasteiger charge is 2.15. The molecular weight excluding hydrogens is 362 g/mol. The highest BCUT2D eigenvalue weighted by molar-refractivity contribution is 6.30. The smallest absolute Gasteiger partial charge is 0.251 e. The van der Waals surface area contributed by atoms with E-state index in [1.807, 2.05) is 51.2 Å². The molecule has 1 unspecified atom stereocenters. The van der Waals surface area contributed by atoms with Crippen LogP contribution in [0.15, 0.2) is 54.7 Å². The number of aromatic nitrogens is 2. The van der Waals surface area contributed by atoms with Gasteiger partial charge in [-0.15, -0.1) is 0 Å². The zero-order valence-electron chi connectivity index (χ0n) is 15.6. The van der Waals surface area contributed by atoms with Crippen LogP contribution in [0.2, 0.25) is 5.02 Å². The fraction of sp³-hybridized carbons (Fsp3) is 0.238. The molecule has 27 heavy (non-hydrogen) atoms. The van der Waals surface area contributed by atoms with Crippen LogP contribution in [0.4, 0.5) is 0 Å². The minimum Gasteiger partial charge on any atom is -0.489 e. The SMILES string of the molecule is Cc1c(C(C)NC(=O)c2cccc(COc3ccc(Cl)cc3)c2)cnn1C. The molecule has 0 saturated heterocycles. The molecule has 1 heterocycles. The Balaban J connectivity index is 1.64. The Labute approximate surface area is 163 Å². The van der Waals surface area contributed by atoms with E-state index in [1.165, 1.54) is 0 Å². The summed E-state index contributed by atoms with van der Waals surface area (Å²) in [6.45, 7) is 4.31. The van der Waals surface area contributed by atoms with Crippen molar-refractivity contribution in [2.45, 2.75) is 26.5 Å². The topological polar surface area (TPSA) is 56.1 Å². The number of hydrogen-bond donors (Lipinski definition) is 1. The van der Waals surface area contributed by atoms with Gasteiger partial charge in [-0.25, -0.2) is 0 Å². The molecule has 0 spiro atoms. The van der Waals surface area contributed by atoms with Crippen molar-refractivity contribution in [1.29, 1.82) is 0 Å². The van der Waals surface area contributed by atoms with Crippen LogP contribution in [0, 0.1) is 6.92 Å². The second-order valence-corrected chi connectivity index (χ2v) is 6.88. The number of ether oxygens (including phenoxy) is 1. The van der Waals surface area contributed by atoms with Gasteiger partial charge in [0.25, 0.3) is 5.91 Å². The van der Waals surface area contributed by atoms with Gasteiger partial charge in [0.1, 0.15) is 12.4 Å². The van der Waals surface area contributed by atoms with Gasteiger partial charge >= 0.3 is 0 Å². The fourth-order valence-electron chi connectivity index (χ4n) is 2.80. The summed E-state index contributed by atoms with van der Waals surface area (Å²) >= 11 is 5.88. The van der Waals surface area contributed by atoms with E-state index in [2.05, 4.69) is 10.4 Å². The van der Waals surface area contributed by atoms with Gasteiger partial charge in [0.2, 0.25) is 0 Å². The Kier molecular flexibility index (Phi) is 5.81. The van der Waals surface area contributed by atoms with Gasteiger partial charge in [-0.1, -0.05) is 23.7 Å². The van der Waals surface area contributed by atoms with E-state index in [0.29, 0.717) is 17.2 Å². The van der Waals surface area contributed by atoms with Gasteiger partial charge in [0, 0.05) is 28.9 Å². The Morgan fingerprint density at radius 3 is 2.67 bits per heavy atom. The monoisotopic (exact) mass is 383 g/mol. The Morgan fingerprint density at radius 1 is 1.26 bits per heavy atom. The van der Waals surface area contributed by atoms with E-state index in [1.54, 1.807) is 29.1 Å². The van der Waals surface area contributed by atoms with Crippen LogP contribution in [0.3, 0.4) is 0 Å². The molecule has 1 atom stereocenters. The molecule has 3 rings (SSSR count). The van der Waals surface area contributed by atoms with Crippen LogP contribution in [-0.2, 0) is 13.7 Å². The van der Waals surface area contributed by atoms with Crippen molar-refractivity contribution in [3.05, 3.63) is 82.1 Å². The third kappa shape index (κ3) is 4.68. The summed E-state index contributed by atoms with van der Waals surface area (Å²) in [6.07, 6.45) is 1.79. The number of nitrogens with zero attached hydrogens (tertiary/aromatic N) is 2. The minimum absolute atomic E-state index is 0.125. The first-order chi connectivity index (χ1) is 12.9. The fourth-order valence-corrected chi connectivity index (χ4v) is 2.92. The van der Waals surface area contributed by atoms with Crippen LogP contribution in [0.5, 0.6) is 5.75 Å².